The number of rotatable bonds is 3. The number of aromatic nitrogens is 2. The lowest BCUT2D eigenvalue weighted by atomic mass is 9.79. The first-order chi connectivity index (χ1) is 16.7. The molecule has 15 heteroatoms. The average Bonchev–Trinajstić information content (AvgIpc) is 3.40. The van der Waals surface area contributed by atoms with Crippen LogP contribution in [0.3, 0.4) is 0 Å². The molecule has 1 aromatic heterocycles. The monoisotopic (exact) mass is 543 g/mol. The van der Waals surface area contributed by atoms with Crippen LogP contribution in [0, 0.1) is 11.8 Å². The zero-order valence-electron chi connectivity index (χ0n) is 18.9. The summed E-state index contributed by atoms with van der Waals surface area (Å²) in [6, 6.07) is 0. The first-order valence-corrected chi connectivity index (χ1v) is 11.8. The molecular weight excluding hydrogens is 520 g/mol. The topological polar surface area (TPSA) is 89.9 Å². The Morgan fingerprint density at radius 2 is 1.64 bits per heavy atom. The van der Waals surface area contributed by atoms with Gasteiger partial charge in [0.2, 0.25) is 5.28 Å². The lowest BCUT2D eigenvalue weighted by Gasteiger charge is -2.44. The fourth-order valence-electron chi connectivity index (χ4n) is 5.74. The van der Waals surface area contributed by atoms with Crippen molar-refractivity contribution in [3.63, 3.8) is 0 Å². The number of carbonyl (C=O) groups is 2. The van der Waals surface area contributed by atoms with Crippen molar-refractivity contribution in [1.29, 1.82) is 0 Å². The Kier molecular flexibility index (Phi) is 6.95. The van der Waals surface area contributed by atoms with Crippen molar-refractivity contribution in [2.75, 3.05) is 37.6 Å². The molecule has 0 radical (unpaired) electrons. The quantitative estimate of drug-likeness (QED) is 0.448. The van der Waals surface area contributed by atoms with Gasteiger partial charge in [0.05, 0.1) is 0 Å². The maximum absolute atomic E-state index is 13.8. The molecule has 1 aromatic rings. The van der Waals surface area contributed by atoms with Crippen LogP contribution in [0.5, 0.6) is 0 Å². The van der Waals surface area contributed by atoms with Gasteiger partial charge in [0.15, 0.2) is 5.92 Å². The molecule has 36 heavy (non-hydrogen) atoms. The number of nitrogens with zero attached hydrogens (tertiary/aromatic N) is 5. The fraction of sp³-hybridized carbons (Fsp3) is 0.714. The molecular formula is C21H24ClF6N5O3. The summed E-state index contributed by atoms with van der Waals surface area (Å²) in [7, 11) is 0. The molecule has 4 heterocycles. The summed E-state index contributed by atoms with van der Waals surface area (Å²) in [6.07, 6.45) is -10.3. The lowest BCUT2D eigenvalue weighted by molar-refractivity contribution is -0.297. The van der Waals surface area contributed by atoms with Gasteiger partial charge in [-0.1, -0.05) is 0 Å². The molecule has 3 fully saturated rings. The Bertz CT molecular complexity index is 995. The van der Waals surface area contributed by atoms with E-state index in [4.69, 9.17) is 11.6 Å². The average molecular weight is 544 g/mol. The molecule has 1 spiro atoms. The third-order valence-corrected chi connectivity index (χ3v) is 7.58. The zero-order valence-corrected chi connectivity index (χ0v) is 19.7. The molecule has 0 bridgehead atoms. The van der Waals surface area contributed by atoms with Crippen LogP contribution in [-0.2, 0) is 0 Å². The number of hydrogen-bond donors (Lipinski definition) is 1. The number of likely N-dealkylation sites (tertiary alicyclic amines) is 2. The highest BCUT2D eigenvalue weighted by molar-refractivity contribution is 6.28. The van der Waals surface area contributed by atoms with Crippen LogP contribution in [0.4, 0.5) is 37.0 Å². The summed E-state index contributed by atoms with van der Waals surface area (Å²) in [5.74, 6) is -6.16. The van der Waals surface area contributed by atoms with Gasteiger partial charge in [-0.3, -0.25) is 4.79 Å². The van der Waals surface area contributed by atoms with E-state index in [2.05, 4.69) is 9.97 Å². The summed E-state index contributed by atoms with van der Waals surface area (Å²) in [5, 5.41) is 9.13. The molecule has 0 aromatic carbocycles. The largest absolute Gasteiger partial charge is 0.465 e. The third-order valence-electron chi connectivity index (χ3n) is 7.39. The summed E-state index contributed by atoms with van der Waals surface area (Å²) in [5.41, 5.74) is -1.43. The molecule has 0 saturated carbocycles. The van der Waals surface area contributed by atoms with Gasteiger partial charge >= 0.3 is 18.4 Å². The van der Waals surface area contributed by atoms with E-state index in [9.17, 15) is 41.0 Å². The van der Waals surface area contributed by atoms with Crippen LogP contribution in [-0.4, -0.2) is 87.5 Å². The van der Waals surface area contributed by atoms with Crippen LogP contribution in [0.1, 0.15) is 42.5 Å². The van der Waals surface area contributed by atoms with Gasteiger partial charge in [0.1, 0.15) is 11.4 Å². The highest BCUT2D eigenvalue weighted by Gasteiger charge is 2.64. The fourth-order valence-corrected chi connectivity index (χ4v) is 5.87. The Morgan fingerprint density at radius 1 is 1.06 bits per heavy atom. The first-order valence-electron chi connectivity index (χ1n) is 11.4. The number of carbonyl (C=O) groups excluding carboxylic acids is 1. The van der Waals surface area contributed by atoms with E-state index in [-0.39, 0.29) is 42.6 Å². The number of carboxylic acid groups (broad SMARTS) is 1. The first kappa shape index (κ1) is 26.6. The molecule has 3 aliphatic rings. The van der Waals surface area contributed by atoms with Crippen molar-refractivity contribution >= 4 is 29.4 Å². The van der Waals surface area contributed by atoms with E-state index < -0.39 is 54.7 Å². The van der Waals surface area contributed by atoms with Crippen LogP contribution >= 0.6 is 11.6 Å². The van der Waals surface area contributed by atoms with Crippen molar-refractivity contribution in [3.05, 3.63) is 17.0 Å². The minimum atomic E-state index is -5.56. The SMILES string of the molecule is O=C(O)N1CCC2(CC1)CC(C(C(F)(F)F)C(F)(F)F)CN2C(=O)c1cnc(Cl)nc1N1CCCC1. The van der Waals surface area contributed by atoms with Gasteiger partial charge in [-0.15, -0.1) is 0 Å². The smallest absolute Gasteiger partial charge is 0.407 e. The van der Waals surface area contributed by atoms with Crippen molar-refractivity contribution in [2.24, 2.45) is 11.8 Å². The number of hydrogen-bond acceptors (Lipinski definition) is 5. The van der Waals surface area contributed by atoms with Crippen molar-refractivity contribution in [3.8, 4) is 0 Å². The number of alkyl halides is 6. The Labute approximate surface area is 207 Å². The summed E-state index contributed by atoms with van der Waals surface area (Å²) in [6.45, 7) is 0.0886. The molecule has 8 nitrogen and oxygen atoms in total. The molecule has 3 aliphatic heterocycles. The predicted molar refractivity (Wildman–Crippen MR) is 115 cm³/mol. The minimum Gasteiger partial charge on any atom is -0.465 e. The normalized spacial score (nSPS) is 22.7. The van der Waals surface area contributed by atoms with Gasteiger partial charge < -0.3 is 19.8 Å². The van der Waals surface area contributed by atoms with E-state index in [1.54, 1.807) is 4.90 Å². The van der Waals surface area contributed by atoms with Crippen LogP contribution in [0.2, 0.25) is 5.28 Å². The highest BCUT2D eigenvalue weighted by atomic mass is 35.5. The lowest BCUT2D eigenvalue weighted by Crippen LogP contribution is -2.55. The van der Waals surface area contributed by atoms with Crippen molar-refractivity contribution < 1.29 is 41.0 Å². The highest BCUT2D eigenvalue weighted by Crippen LogP contribution is 2.52. The Morgan fingerprint density at radius 3 is 2.17 bits per heavy atom. The zero-order chi connectivity index (χ0) is 26.5. The van der Waals surface area contributed by atoms with Crippen molar-refractivity contribution in [1.82, 2.24) is 19.8 Å². The maximum atomic E-state index is 13.8. The van der Waals surface area contributed by atoms with Gasteiger partial charge in [0.25, 0.3) is 5.91 Å². The molecule has 1 unspecified atom stereocenters. The van der Waals surface area contributed by atoms with Gasteiger partial charge in [-0.25, -0.2) is 9.78 Å². The van der Waals surface area contributed by atoms with Crippen molar-refractivity contribution in [2.45, 2.75) is 50.0 Å². The van der Waals surface area contributed by atoms with Crippen LogP contribution in [0.15, 0.2) is 6.20 Å². The Balaban J connectivity index is 1.73. The molecule has 1 atom stereocenters. The van der Waals surface area contributed by atoms with Gasteiger partial charge in [-0.2, -0.15) is 31.3 Å². The van der Waals surface area contributed by atoms with E-state index in [0.29, 0.717) is 13.1 Å². The molecule has 200 valence electrons. The van der Waals surface area contributed by atoms with Crippen LogP contribution < -0.4 is 4.90 Å². The molecule has 1 N–H and O–H groups in total. The Hall–Kier alpha value is -2.51. The summed E-state index contributed by atoms with van der Waals surface area (Å²) < 4.78 is 81.6. The van der Waals surface area contributed by atoms with E-state index >= 15 is 0 Å². The number of halogens is 7. The molecule has 0 aliphatic carbocycles. The minimum absolute atomic E-state index is 0.0578. The van der Waals surface area contributed by atoms with Crippen LogP contribution in [0.25, 0.3) is 0 Å². The second-order valence-electron chi connectivity index (χ2n) is 9.51. The number of amides is 2. The number of piperidine rings is 1. The maximum Gasteiger partial charge on any atom is 0.407 e. The summed E-state index contributed by atoms with van der Waals surface area (Å²) >= 11 is 5.93. The van der Waals surface area contributed by atoms with Gasteiger partial charge in [-0.05, 0) is 49.6 Å². The van der Waals surface area contributed by atoms with E-state index in [1.165, 1.54) is 0 Å². The molecule has 4 rings (SSSR count). The number of anilines is 1. The third kappa shape index (κ3) is 5.00. The second kappa shape index (κ2) is 9.42. The second-order valence-corrected chi connectivity index (χ2v) is 9.84. The molecule has 3 saturated heterocycles. The van der Waals surface area contributed by atoms with Gasteiger partial charge in [0, 0.05) is 44.5 Å². The standard InChI is InChI=1S/C21H24ClF6N5O3/c22-17-29-10-13(15(30-17)31-5-1-2-6-31)16(34)33-11-12(14(20(23,24)25)21(26,27)28)9-19(33)3-7-32(8-4-19)18(35)36/h10,12,14H,1-9,11H2,(H,35,36). The van der Waals surface area contributed by atoms with E-state index in [0.717, 1.165) is 28.8 Å². The van der Waals surface area contributed by atoms with E-state index in [1.807, 2.05) is 0 Å². The molecule has 2 amide bonds. The summed E-state index contributed by atoms with van der Waals surface area (Å²) in [4.78, 5) is 37.0. The predicted octanol–water partition coefficient (Wildman–Crippen LogP) is 4.45.